The van der Waals surface area contributed by atoms with Crippen LogP contribution in [0.5, 0.6) is 0 Å². The van der Waals surface area contributed by atoms with Gasteiger partial charge in [0.05, 0.1) is 12.2 Å². The number of alkyl halides is 3. The van der Waals surface area contributed by atoms with E-state index in [0.717, 1.165) is 0 Å². The number of hydrogen-bond donors (Lipinski definition) is 1. The smallest absolute Gasteiger partial charge is 0.326 e. The first kappa shape index (κ1) is 16.3. The Kier molecular flexibility index (Phi) is 5.64. The van der Waals surface area contributed by atoms with E-state index in [1.165, 1.54) is 0 Å². The number of amides is 1. The molecule has 1 amide bonds. The molecule has 112 valence electrons. The molecule has 6 heteroatoms. The van der Waals surface area contributed by atoms with Gasteiger partial charge in [0.1, 0.15) is 0 Å². The molecule has 0 aliphatic carbocycles. The number of halogens is 3. The lowest BCUT2D eigenvalue weighted by Gasteiger charge is -2.27. The summed E-state index contributed by atoms with van der Waals surface area (Å²) >= 11 is 0. The van der Waals surface area contributed by atoms with Gasteiger partial charge < -0.3 is 4.90 Å². The molecule has 19 heavy (non-hydrogen) atoms. The summed E-state index contributed by atoms with van der Waals surface area (Å²) in [5.74, 6) is 0.274. The van der Waals surface area contributed by atoms with Crippen molar-refractivity contribution in [3.05, 3.63) is 0 Å². The van der Waals surface area contributed by atoms with Crippen molar-refractivity contribution < 1.29 is 18.0 Å². The van der Waals surface area contributed by atoms with Crippen LogP contribution in [0.3, 0.4) is 0 Å². The number of hydrogen-bond acceptors (Lipinski definition) is 2. The molecule has 0 radical (unpaired) electrons. The molecule has 1 heterocycles. The van der Waals surface area contributed by atoms with E-state index >= 15 is 0 Å². The van der Waals surface area contributed by atoms with E-state index in [0.29, 0.717) is 19.4 Å². The zero-order valence-electron chi connectivity index (χ0n) is 11.8. The average molecular weight is 280 g/mol. The summed E-state index contributed by atoms with van der Waals surface area (Å²) in [5.41, 5.74) is 0. The van der Waals surface area contributed by atoms with Crippen molar-refractivity contribution in [2.75, 3.05) is 6.54 Å². The number of unbranched alkanes of at least 4 members (excludes halogenated alkanes) is 1. The van der Waals surface area contributed by atoms with Gasteiger partial charge in [-0.15, -0.1) is 0 Å². The molecule has 1 aliphatic heterocycles. The molecule has 1 rings (SSSR count). The van der Waals surface area contributed by atoms with Crippen molar-refractivity contribution in [3.8, 4) is 0 Å². The van der Waals surface area contributed by atoms with E-state index in [1.807, 2.05) is 20.8 Å². The third-order valence-electron chi connectivity index (χ3n) is 3.44. The monoisotopic (exact) mass is 280 g/mol. The predicted molar refractivity (Wildman–Crippen MR) is 67.5 cm³/mol. The van der Waals surface area contributed by atoms with Gasteiger partial charge in [0, 0.05) is 13.0 Å². The first-order valence-electron chi connectivity index (χ1n) is 6.89. The topological polar surface area (TPSA) is 32.3 Å². The van der Waals surface area contributed by atoms with Crippen molar-refractivity contribution in [3.63, 3.8) is 0 Å². The third-order valence-corrected chi connectivity index (χ3v) is 3.44. The first-order valence-corrected chi connectivity index (χ1v) is 6.89. The van der Waals surface area contributed by atoms with Crippen molar-refractivity contribution >= 4 is 5.91 Å². The van der Waals surface area contributed by atoms with Crippen molar-refractivity contribution in [2.24, 2.45) is 5.92 Å². The minimum absolute atomic E-state index is 0.0215. The summed E-state index contributed by atoms with van der Waals surface area (Å²) in [6, 6.07) is -0.185. The van der Waals surface area contributed by atoms with Crippen molar-refractivity contribution in [2.45, 2.75) is 64.8 Å². The van der Waals surface area contributed by atoms with Crippen LogP contribution in [0, 0.1) is 5.92 Å². The molecule has 0 bridgehead atoms. The quantitative estimate of drug-likeness (QED) is 0.759. The van der Waals surface area contributed by atoms with Gasteiger partial charge in [-0.3, -0.25) is 10.1 Å². The molecule has 3 nitrogen and oxygen atoms in total. The highest BCUT2D eigenvalue weighted by Crippen LogP contribution is 2.24. The van der Waals surface area contributed by atoms with Crippen LogP contribution in [-0.4, -0.2) is 35.7 Å². The summed E-state index contributed by atoms with van der Waals surface area (Å²) in [5, 5.41) is 3.25. The van der Waals surface area contributed by atoms with Crippen molar-refractivity contribution in [1.82, 2.24) is 10.2 Å². The Morgan fingerprint density at radius 3 is 2.42 bits per heavy atom. The van der Waals surface area contributed by atoms with Crippen LogP contribution in [0.4, 0.5) is 13.2 Å². The van der Waals surface area contributed by atoms with Crippen LogP contribution >= 0.6 is 0 Å². The lowest BCUT2D eigenvalue weighted by Crippen LogP contribution is -2.42. The Bertz CT molecular complexity index is 305. The Morgan fingerprint density at radius 2 is 1.95 bits per heavy atom. The maximum Gasteiger partial charge on any atom is 0.389 e. The Morgan fingerprint density at radius 1 is 1.32 bits per heavy atom. The van der Waals surface area contributed by atoms with Crippen molar-refractivity contribution in [1.29, 1.82) is 0 Å². The molecule has 0 aromatic rings. The van der Waals surface area contributed by atoms with Gasteiger partial charge in [-0.25, -0.2) is 0 Å². The second kappa shape index (κ2) is 6.59. The van der Waals surface area contributed by atoms with E-state index in [-0.39, 0.29) is 30.5 Å². The van der Waals surface area contributed by atoms with E-state index in [4.69, 9.17) is 0 Å². The van der Waals surface area contributed by atoms with Gasteiger partial charge in [0.15, 0.2) is 0 Å². The molecular formula is C13H23F3N2O. The Hall–Kier alpha value is -0.780. The second-order valence-electron chi connectivity index (χ2n) is 5.42. The molecule has 0 aromatic heterocycles. The van der Waals surface area contributed by atoms with Gasteiger partial charge in [-0.05, 0) is 25.2 Å². The zero-order chi connectivity index (χ0) is 14.6. The maximum atomic E-state index is 12.1. The van der Waals surface area contributed by atoms with Crippen LogP contribution in [0.1, 0.15) is 46.5 Å². The molecule has 0 spiro atoms. The Balaban J connectivity index is 2.47. The maximum absolute atomic E-state index is 12.1. The molecule has 1 fully saturated rings. The molecule has 0 aromatic carbocycles. The summed E-state index contributed by atoms with van der Waals surface area (Å²) in [4.78, 5) is 13.8. The number of nitrogens with one attached hydrogen (secondary N) is 1. The molecule has 2 atom stereocenters. The van der Waals surface area contributed by atoms with Gasteiger partial charge >= 0.3 is 6.18 Å². The van der Waals surface area contributed by atoms with Crippen LogP contribution in [0.2, 0.25) is 0 Å². The minimum Gasteiger partial charge on any atom is -0.326 e. The first-order chi connectivity index (χ1) is 8.76. The molecule has 2 unspecified atom stereocenters. The minimum atomic E-state index is -4.10. The Labute approximate surface area is 112 Å². The van der Waals surface area contributed by atoms with Gasteiger partial charge in [-0.2, -0.15) is 13.2 Å². The lowest BCUT2D eigenvalue weighted by atomic mass is 10.1. The van der Waals surface area contributed by atoms with Crippen LogP contribution in [0.25, 0.3) is 0 Å². The summed E-state index contributed by atoms with van der Waals surface area (Å²) in [7, 11) is 0. The van der Waals surface area contributed by atoms with Gasteiger partial charge in [0.25, 0.3) is 0 Å². The standard InChI is InChI=1S/C13H23F3N2O/c1-4-10-12(19)18(11(17-10)9(2)3)8-6-5-7-13(14,15)16/h9-11,17H,4-8H2,1-3H3. The summed E-state index contributed by atoms with van der Waals surface area (Å²) in [6.45, 7) is 6.35. The van der Waals surface area contributed by atoms with E-state index in [9.17, 15) is 18.0 Å². The second-order valence-corrected chi connectivity index (χ2v) is 5.42. The molecule has 1 saturated heterocycles. The van der Waals surface area contributed by atoms with Crippen LogP contribution in [-0.2, 0) is 4.79 Å². The largest absolute Gasteiger partial charge is 0.389 e. The zero-order valence-corrected chi connectivity index (χ0v) is 11.8. The SMILES string of the molecule is CCC1NC(C(C)C)N(CCCCC(F)(F)F)C1=O. The van der Waals surface area contributed by atoms with Crippen LogP contribution < -0.4 is 5.32 Å². The lowest BCUT2D eigenvalue weighted by molar-refractivity contribution is -0.136. The van der Waals surface area contributed by atoms with E-state index in [2.05, 4.69) is 5.32 Å². The normalized spacial score (nSPS) is 24.6. The number of rotatable bonds is 6. The molecular weight excluding hydrogens is 257 g/mol. The average Bonchev–Trinajstić information content (AvgIpc) is 2.60. The fourth-order valence-corrected chi connectivity index (χ4v) is 2.41. The number of carbonyl (C=O) groups excluding carboxylic acids is 1. The van der Waals surface area contributed by atoms with E-state index < -0.39 is 12.6 Å². The number of nitrogens with zero attached hydrogens (tertiary/aromatic N) is 1. The number of carbonyl (C=O) groups is 1. The molecule has 0 saturated carbocycles. The third kappa shape index (κ3) is 4.67. The highest BCUT2D eigenvalue weighted by atomic mass is 19.4. The van der Waals surface area contributed by atoms with Gasteiger partial charge in [-0.1, -0.05) is 20.8 Å². The highest BCUT2D eigenvalue weighted by Gasteiger charge is 2.38. The predicted octanol–water partition coefficient (Wildman–Crippen LogP) is 2.91. The van der Waals surface area contributed by atoms with Crippen LogP contribution in [0.15, 0.2) is 0 Å². The summed E-state index contributed by atoms with van der Waals surface area (Å²) in [6.07, 6.45) is -3.74. The summed E-state index contributed by atoms with van der Waals surface area (Å²) < 4.78 is 36.2. The highest BCUT2D eigenvalue weighted by molar-refractivity contribution is 5.84. The fraction of sp³-hybridized carbons (Fsp3) is 0.923. The fourth-order valence-electron chi connectivity index (χ4n) is 2.41. The molecule has 1 aliphatic rings. The van der Waals surface area contributed by atoms with E-state index in [1.54, 1.807) is 4.90 Å². The molecule has 1 N–H and O–H groups in total. The van der Waals surface area contributed by atoms with Gasteiger partial charge in [0.2, 0.25) is 5.91 Å².